The predicted octanol–water partition coefficient (Wildman–Crippen LogP) is 3.98. The third kappa shape index (κ3) is 3.58. The van der Waals surface area contributed by atoms with Crippen LogP contribution in [0.5, 0.6) is 5.75 Å². The number of fused-ring (bicyclic) bond motifs is 1. The zero-order valence-electron chi connectivity index (χ0n) is 14.4. The molecular formula is C18H16BrF2NO4S. The second kappa shape index (κ2) is 7.20. The van der Waals surface area contributed by atoms with Crippen LogP contribution >= 0.6 is 15.9 Å². The van der Waals surface area contributed by atoms with E-state index in [4.69, 9.17) is 4.74 Å². The Bertz CT molecular complexity index is 1010. The normalized spacial score (nSPS) is 18.6. The molecule has 0 spiro atoms. The Kier molecular flexibility index (Phi) is 5.27. The summed E-state index contributed by atoms with van der Waals surface area (Å²) >= 11 is 3.25. The maximum absolute atomic E-state index is 14.2. The van der Waals surface area contributed by atoms with E-state index in [9.17, 15) is 22.0 Å². The number of amides is 1. The lowest BCUT2D eigenvalue weighted by Crippen LogP contribution is -2.48. The molecule has 1 amide bonds. The van der Waals surface area contributed by atoms with Crippen LogP contribution in [0.4, 0.5) is 8.78 Å². The van der Waals surface area contributed by atoms with Crippen LogP contribution in [0.2, 0.25) is 0 Å². The number of hydrogen-bond acceptors (Lipinski definition) is 4. The number of halogens is 3. The van der Waals surface area contributed by atoms with Crippen molar-refractivity contribution >= 4 is 31.9 Å². The predicted molar refractivity (Wildman–Crippen MR) is 98.0 cm³/mol. The first-order chi connectivity index (χ1) is 12.6. The van der Waals surface area contributed by atoms with Crippen LogP contribution in [0.15, 0.2) is 45.8 Å². The van der Waals surface area contributed by atoms with Crippen LogP contribution in [-0.4, -0.2) is 31.3 Å². The number of hydrogen-bond donors (Lipinski definition) is 0. The van der Waals surface area contributed by atoms with E-state index in [1.54, 1.807) is 13.8 Å². The number of carbonyl (C=O) groups excluding carboxylic acids is 1. The van der Waals surface area contributed by atoms with Crippen molar-refractivity contribution in [2.45, 2.75) is 24.8 Å². The first kappa shape index (κ1) is 19.8. The van der Waals surface area contributed by atoms with Gasteiger partial charge < -0.3 is 4.74 Å². The molecule has 3 rings (SSSR count). The minimum atomic E-state index is -4.33. The van der Waals surface area contributed by atoms with Gasteiger partial charge in [0, 0.05) is 10.5 Å². The van der Waals surface area contributed by atoms with E-state index < -0.39 is 39.2 Å². The fraction of sp³-hybridized carbons (Fsp3) is 0.278. The van der Waals surface area contributed by atoms with Gasteiger partial charge in [0.2, 0.25) is 0 Å². The maximum atomic E-state index is 14.2. The van der Waals surface area contributed by atoms with Crippen molar-refractivity contribution in [3.05, 3.63) is 58.1 Å². The summed E-state index contributed by atoms with van der Waals surface area (Å²) in [5.41, 5.74) is -0.522. The number of nitrogens with zero attached hydrogens (tertiary/aromatic N) is 1. The number of benzene rings is 2. The molecule has 0 saturated carbocycles. The number of ether oxygens (including phenoxy) is 1. The molecule has 1 unspecified atom stereocenters. The molecule has 1 aliphatic heterocycles. The van der Waals surface area contributed by atoms with E-state index in [-0.39, 0.29) is 23.2 Å². The fourth-order valence-electron chi connectivity index (χ4n) is 2.84. The van der Waals surface area contributed by atoms with Crippen molar-refractivity contribution in [1.82, 2.24) is 4.31 Å². The third-order valence-electron chi connectivity index (χ3n) is 4.28. The maximum Gasteiger partial charge on any atom is 0.270 e. The first-order valence-corrected chi connectivity index (χ1v) is 10.3. The van der Waals surface area contributed by atoms with E-state index in [0.717, 1.165) is 12.1 Å². The molecule has 0 bridgehead atoms. The van der Waals surface area contributed by atoms with Gasteiger partial charge in [0.05, 0.1) is 11.6 Å². The molecule has 1 aliphatic rings. The largest absolute Gasteiger partial charge is 0.490 e. The molecule has 2 aromatic rings. The monoisotopic (exact) mass is 459 g/mol. The molecule has 1 heterocycles. The lowest BCUT2D eigenvalue weighted by atomic mass is 10.0. The number of rotatable bonds is 2. The van der Waals surface area contributed by atoms with Crippen molar-refractivity contribution in [2.75, 3.05) is 6.61 Å². The highest BCUT2D eigenvalue weighted by Crippen LogP contribution is 2.36. The van der Waals surface area contributed by atoms with Crippen LogP contribution in [0.25, 0.3) is 0 Å². The smallest absolute Gasteiger partial charge is 0.270 e. The van der Waals surface area contributed by atoms with Gasteiger partial charge in [0.1, 0.15) is 28.9 Å². The molecule has 0 aliphatic carbocycles. The van der Waals surface area contributed by atoms with E-state index in [0.29, 0.717) is 14.8 Å². The standard InChI is InChI=1S/C18H16BrF2NO4S/c1-10(2)15-9-26-16-7-11(19)3-6-17(16)27(24,25)22(15)18(23)13-5-4-12(20)8-14(13)21/h3-8,10,15H,9H2,1-2H3. The first-order valence-electron chi connectivity index (χ1n) is 8.09. The Balaban J connectivity index is 2.19. The molecule has 9 heteroatoms. The summed E-state index contributed by atoms with van der Waals surface area (Å²) in [7, 11) is -4.33. The summed E-state index contributed by atoms with van der Waals surface area (Å²) in [6.07, 6.45) is 0. The summed E-state index contributed by atoms with van der Waals surface area (Å²) in [6.45, 7) is 3.38. The second-order valence-electron chi connectivity index (χ2n) is 6.44. The molecule has 2 aromatic carbocycles. The Hall–Kier alpha value is -2.00. The van der Waals surface area contributed by atoms with Gasteiger partial charge in [-0.15, -0.1) is 0 Å². The molecule has 0 fully saturated rings. The summed E-state index contributed by atoms with van der Waals surface area (Å²) in [6, 6.07) is 5.86. The van der Waals surface area contributed by atoms with E-state index in [1.165, 1.54) is 18.2 Å². The van der Waals surface area contributed by atoms with E-state index in [2.05, 4.69) is 15.9 Å². The Morgan fingerprint density at radius 3 is 2.56 bits per heavy atom. The van der Waals surface area contributed by atoms with E-state index >= 15 is 0 Å². The molecule has 0 N–H and O–H groups in total. The average molecular weight is 460 g/mol. The van der Waals surface area contributed by atoms with Gasteiger partial charge in [-0.3, -0.25) is 4.79 Å². The SMILES string of the molecule is CC(C)C1COc2cc(Br)ccc2S(=O)(=O)N1C(=O)c1ccc(F)cc1F. The molecule has 5 nitrogen and oxygen atoms in total. The third-order valence-corrected chi connectivity index (χ3v) is 6.63. The summed E-state index contributed by atoms with van der Waals surface area (Å²) < 4.78 is 60.8. The topological polar surface area (TPSA) is 63.7 Å². The van der Waals surface area contributed by atoms with Crippen molar-refractivity contribution in [1.29, 1.82) is 0 Å². The lowest BCUT2D eigenvalue weighted by molar-refractivity contribution is 0.0747. The summed E-state index contributed by atoms with van der Waals surface area (Å²) in [4.78, 5) is 12.8. The highest BCUT2D eigenvalue weighted by Gasteiger charge is 2.42. The number of carbonyl (C=O) groups is 1. The van der Waals surface area contributed by atoms with Crippen molar-refractivity contribution in [2.24, 2.45) is 5.92 Å². The van der Waals surface area contributed by atoms with Gasteiger partial charge in [-0.2, -0.15) is 0 Å². The molecule has 0 radical (unpaired) electrons. The highest BCUT2D eigenvalue weighted by atomic mass is 79.9. The van der Waals surface area contributed by atoms with Crippen molar-refractivity contribution < 1.29 is 26.7 Å². The minimum absolute atomic E-state index is 0.0884. The van der Waals surface area contributed by atoms with Gasteiger partial charge in [-0.1, -0.05) is 29.8 Å². The zero-order chi connectivity index (χ0) is 19.9. The Morgan fingerprint density at radius 2 is 1.93 bits per heavy atom. The van der Waals surface area contributed by atoms with Gasteiger partial charge in [-0.25, -0.2) is 21.5 Å². The van der Waals surface area contributed by atoms with Crippen LogP contribution in [0.3, 0.4) is 0 Å². The summed E-state index contributed by atoms with van der Waals surface area (Å²) in [5, 5.41) is 0. The fourth-order valence-corrected chi connectivity index (χ4v) is 4.98. The highest BCUT2D eigenvalue weighted by molar-refractivity contribution is 9.10. The summed E-state index contributed by atoms with van der Waals surface area (Å²) in [5.74, 6) is -3.25. The Morgan fingerprint density at radius 1 is 1.22 bits per heavy atom. The van der Waals surface area contributed by atoms with Gasteiger partial charge in [0.15, 0.2) is 0 Å². The second-order valence-corrected chi connectivity index (χ2v) is 9.14. The van der Waals surface area contributed by atoms with Crippen LogP contribution in [0, 0.1) is 17.6 Å². The molecular weight excluding hydrogens is 444 g/mol. The van der Waals surface area contributed by atoms with Crippen molar-refractivity contribution in [3.63, 3.8) is 0 Å². The van der Waals surface area contributed by atoms with Crippen molar-refractivity contribution in [3.8, 4) is 5.75 Å². The van der Waals surface area contributed by atoms with Gasteiger partial charge in [-0.05, 0) is 36.2 Å². The minimum Gasteiger partial charge on any atom is -0.490 e. The molecule has 1 atom stereocenters. The lowest BCUT2D eigenvalue weighted by Gasteiger charge is -2.30. The zero-order valence-corrected chi connectivity index (χ0v) is 16.9. The Labute approximate surface area is 164 Å². The average Bonchev–Trinajstić information content (AvgIpc) is 2.68. The van der Waals surface area contributed by atoms with E-state index in [1.807, 2.05) is 0 Å². The molecule has 27 heavy (non-hydrogen) atoms. The van der Waals surface area contributed by atoms with Gasteiger partial charge >= 0.3 is 0 Å². The molecule has 0 saturated heterocycles. The molecule has 144 valence electrons. The van der Waals surface area contributed by atoms with Crippen LogP contribution in [0.1, 0.15) is 24.2 Å². The van der Waals surface area contributed by atoms with Crippen LogP contribution in [-0.2, 0) is 10.0 Å². The molecule has 0 aromatic heterocycles. The number of sulfonamides is 1. The van der Waals surface area contributed by atoms with Crippen LogP contribution < -0.4 is 4.74 Å². The van der Waals surface area contributed by atoms with Gasteiger partial charge in [0.25, 0.3) is 15.9 Å². The quantitative estimate of drug-likeness (QED) is 0.681.